The summed E-state index contributed by atoms with van der Waals surface area (Å²) in [6, 6.07) is 9.90. The number of hydrogen-bond donors (Lipinski definition) is 2. The highest BCUT2D eigenvalue weighted by molar-refractivity contribution is 5.90. The fraction of sp³-hybridized carbons (Fsp3) is 0.389. The lowest BCUT2D eigenvalue weighted by molar-refractivity contribution is -0.117. The van der Waals surface area contributed by atoms with Crippen molar-refractivity contribution < 1.29 is 4.79 Å². The molecule has 5 nitrogen and oxygen atoms in total. The maximum absolute atomic E-state index is 12.2. The molecule has 5 heteroatoms. The van der Waals surface area contributed by atoms with Crippen molar-refractivity contribution in [2.45, 2.75) is 38.1 Å². The number of rotatable bonds is 4. The van der Waals surface area contributed by atoms with Gasteiger partial charge in [-0.15, -0.1) is 0 Å². The summed E-state index contributed by atoms with van der Waals surface area (Å²) in [6.07, 6.45) is 8.17. The van der Waals surface area contributed by atoms with Crippen LogP contribution in [0.1, 0.15) is 32.1 Å². The average Bonchev–Trinajstić information content (AvgIpc) is 2.58. The van der Waals surface area contributed by atoms with E-state index in [0.717, 1.165) is 18.4 Å². The van der Waals surface area contributed by atoms with E-state index in [1.807, 2.05) is 30.3 Å². The smallest absolute Gasteiger partial charge is 0.224 e. The Morgan fingerprint density at radius 1 is 1.13 bits per heavy atom. The third kappa shape index (κ3) is 4.13. The molecule has 1 aromatic heterocycles. The summed E-state index contributed by atoms with van der Waals surface area (Å²) in [5.41, 5.74) is 7.68. The minimum Gasteiger partial charge on any atom is -0.327 e. The van der Waals surface area contributed by atoms with Gasteiger partial charge in [0.2, 0.25) is 5.91 Å². The van der Waals surface area contributed by atoms with E-state index in [2.05, 4.69) is 15.3 Å². The number of amides is 1. The van der Waals surface area contributed by atoms with E-state index in [-0.39, 0.29) is 17.9 Å². The average molecular weight is 310 g/mol. The summed E-state index contributed by atoms with van der Waals surface area (Å²) < 4.78 is 0. The van der Waals surface area contributed by atoms with E-state index in [9.17, 15) is 4.79 Å². The van der Waals surface area contributed by atoms with Crippen LogP contribution in [0.5, 0.6) is 0 Å². The van der Waals surface area contributed by atoms with Crippen LogP contribution in [-0.2, 0) is 4.79 Å². The molecule has 1 aromatic carbocycles. The van der Waals surface area contributed by atoms with Crippen molar-refractivity contribution in [3.63, 3.8) is 0 Å². The summed E-state index contributed by atoms with van der Waals surface area (Å²) in [5, 5.41) is 2.87. The monoisotopic (exact) mass is 310 g/mol. The molecule has 0 bridgehead atoms. The van der Waals surface area contributed by atoms with Gasteiger partial charge in [0.25, 0.3) is 0 Å². The first-order valence-electron chi connectivity index (χ1n) is 8.15. The van der Waals surface area contributed by atoms with Crippen molar-refractivity contribution >= 4 is 11.6 Å². The third-order valence-corrected chi connectivity index (χ3v) is 4.38. The first-order valence-corrected chi connectivity index (χ1v) is 8.15. The lowest BCUT2D eigenvalue weighted by Gasteiger charge is -2.27. The summed E-state index contributed by atoms with van der Waals surface area (Å²) in [5.74, 6) is 0.926. The van der Waals surface area contributed by atoms with Gasteiger partial charge in [-0.3, -0.25) is 4.79 Å². The van der Waals surface area contributed by atoms with Crippen molar-refractivity contribution in [1.82, 2.24) is 9.97 Å². The molecule has 2 unspecified atom stereocenters. The van der Waals surface area contributed by atoms with E-state index >= 15 is 0 Å². The predicted molar refractivity (Wildman–Crippen MR) is 90.6 cm³/mol. The molecular formula is C18H22N4O. The van der Waals surface area contributed by atoms with Crippen LogP contribution in [-0.4, -0.2) is 21.9 Å². The second kappa shape index (κ2) is 7.33. The van der Waals surface area contributed by atoms with Crippen LogP contribution < -0.4 is 11.1 Å². The third-order valence-electron chi connectivity index (χ3n) is 4.38. The van der Waals surface area contributed by atoms with Crippen molar-refractivity contribution in [3.05, 3.63) is 42.7 Å². The number of carbonyl (C=O) groups is 1. The first kappa shape index (κ1) is 15.6. The zero-order valence-electron chi connectivity index (χ0n) is 13.1. The Balaban J connectivity index is 1.58. The molecule has 23 heavy (non-hydrogen) atoms. The molecule has 1 aliphatic carbocycles. The molecule has 1 fully saturated rings. The molecule has 120 valence electrons. The van der Waals surface area contributed by atoms with Crippen LogP contribution in [0.3, 0.4) is 0 Å². The number of anilines is 1. The van der Waals surface area contributed by atoms with Crippen LogP contribution in [0.4, 0.5) is 5.69 Å². The molecular weight excluding hydrogens is 288 g/mol. The number of nitrogens with two attached hydrogens (primary N) is 1. The van der Waals surface area contributed by atoms with Gasteiger partial charge in [-0.2, -0.15) is 0 Å². The summed E-state index contributed by atoms with van der Waals surface area (Å²) in [4.78, 5) is 20.8. The lowest BCUT2D eigenvalue weighted by atomic mass is 9.83. The minimum absolute atomic E-state index is 0.0107. The Bertz CT molecular complexity index is 642. The number of hydrogen-bond acceptors (Lipinski definition) is 4. The van der Waals surface area contributed by atoms with E-state index in [0.29, 0.717) is 17.9 Å². The molecule has 0 saturated heterocycles. The van der Waals surface area contributed by atoms with Gasteiger partial charge in [0.15, 0.2) is 5.82 Å². The van der Waals surface area contributed by atoms with E-state index in [1.165, 1.54) is 12.8 Å². The van der Waals surface area contributed by atoms with Gasteiger partial charge in [0.05, 0.1) is 18.1 Å². The van der Waals surface area contributed by atoms with Gasteiger partial charge in [0, 0.05) is 18.0 Å². The highest BCUT2D eigenvalue weighted by atomic mass is 16.1. The maximum atomic E-state index is 12.2. The van der Waals surface area contributed by atoms with Crippen LogP contribution in [0.15, 0.2) is 42.7 Å². The fourth-order valence-corrected chi connectivity index (χ4v) is 3.07. The largest absolute Gasteiger partial charge is 0.327 e. The topological polar surface area (TPSA) is 80.9 Å². The van der Waals surface area contributed by atoms with Gasteiger partial charge in [0.1, 0.15) is 0 Å². The van der Waals surface area contributed by atoms with Gasteiger partial charge in [-0.05, 0) is 18.8 Å². The second-order valence-corrected chi connectivity index (χ2v) is 6.12. The zero-order chi connectivity index (χ0) is 16.1. The minimum atomic E-state index is -0.0107. The second-order valence-electron chi connectivity index (χ2n) is 6.12. The van der Waals surface area contributed by atoms with Crippen LogP contribution in [0.2, 0.25) is 0 Å². The molecule has 0 aliphatic heterocycles. The van der Waals surface area contributed by atoms with E-state index in [4.69, 9.17) is 5.73 Å². The van der Waals surface area contributed by atoms with E-state index in [1.54, 1.807) is 12.4 Å². The highest BCUT2D eigenvalue weighted by Crippen LogP contribution is 2.26. The molecule has 3 rings (SSSR count). The quantitative estimate of drug-likeness (QED) is 0.909. The van der Waals surface area contributed by atoms with E-state index < -0.39 is 0 Å². The van der Waals surface area contributed by atoms with Crippen molar-refractivity contribution in [2.24, 2.45) is 11.7 Å². The molecule has 1 heterocycles. The SMILES string of the molecule is NC1CCCCC1CC(=O)Nc1cnc(-c2ccccc2)nc1. The van der Waals surface area contributed by atoms with Crippen LogP contribution in [0.25, 0.3) is 11.4 Å². The number of nitrogens with one attached hydrogen (secondary N) is 1. The molecule has 2 aromatic rings. The van der Waals surface area contributed by atoms with Crippen LogP contribution in [0, 0.1) is 5.92 Å². The van der Waals surface area contributed by atoms with Gasteiger partial charge >= 0.3 is 0 Å². The summed E-state index contributed by atoms with van der Waals surface area (Å²) >= 11 is 0. The Kier molecular flexibility index (Phi) is 4.98. The zero-order valence-corrected chi connectivity index (χ0v) is 13.1. The highest BCUT2D eigenvalue weighted by Gasteiger charge is 2.24. The normalized spacial score (nSPS) is 20.9. The number of carbonyl (C=O) groups excluding carboxylic acids is 1. The van der Waals surface area contributed by atoms with Crippen molar-refractivity contribution in [2.75, 3.05) is 5.32 Å². The predicted octanol–water partition coefficient (Wildman–Crippen LogP) is 2.99. The summed E-state index contributed by atoms with van der Waals surface area (Å²) in [7, 11) is 0. The molecule has 1 saturated carbocycles. The van der Waals surface area contributed by atoms with Gasteiger partial charge in [-0.25, -0.2) is 9.97 Å². The van der Waals surface area contributed by atoms with Crippen molar-refractivity contribution in [1.29, 1.82) is 0 Å². The Morgan fingerprint density at radius 3 is 2.52 bits per heavy atom. The molecule has 0 radical (unpaired) electrons. The van der Waals surface area contributed by atoms with Crippen molar-refractivity contribution in [3.8, 4) is 11.4 Å². The molecule has 1 aliphatic rings. The lowest BCUT2D eigenvalue weighted by Crippen LogP contribution is -2.35. The Labute approximate surface area is 136 Å². The fourth-order valence-electron chi connectivity index (χ4n) is 3.07. The Hall–Kier alpha value is -2.27. The standard InChI is InChI=1S/C18H22N4O/c19-16-9-5-4-8-14(16)10-17(23)22-15-11-20-18(21-12-15)13-6-2-1-3-7-13/h1-3,6-7,11-12,14,16H,4-5,8-10,19H2,(H,22,23). The van der Waals surface area contributed by atoms with Gasteiger partial charge in [-0.1, -0.05) is 43.2 Å². The molecule has 1 amide bonds. The van der Waals surface area contributed by atoms with Gasteiger partial charge < -0.3 is 11.1 Å². The number of nitrogens with zero attached hydrogens (tertiary/aromatic N) is 2. The van der Waals surface area contributed by atoms with Crippen LogP contribution >= 0.6 is 0 Å². The number of benzene rings is 1. The Morgan fingerprint density at radius 2 is 1.83 bits per heavy atom. The maximum Gasteiger partial charge on any atom is 0.224 e. The summed E-state index contributed by atoms with van der Waals surface area (Å²) in [6.45, 7) is 0. The molecule has 2 atom stereocenters. The molecule has 3 N–H and O–H groups in total. The number of aromatic nitrogens is 2. The first-order chi connectivity index (χ1) is 11.2. The molecule has 0 spiro atoms.